The molecule has 0 aliphatic heterocycles. The van der Waals surface area contributed by atoms with Gasteiger partial charge in [-0.2, -0.15) is 0 Å². The zero-order chi connectivity index (χ0) is 12.4. The predicted molar refractivity (Wildman–Crippen MR) is 71.5 cm³/mol. The van der Waals surface area contributed by atoms with Gasteiger partial charge in [0, 0.05) is 32.3 Å². The van der Waals surface area contributed by atoms with Crippen molar-refractivity contribution in [1.82, 2.24) is 9.38 Å². The zero-order valence-electron chi connectivity index (χ0n) is 10.7. The molecule has 1 unspecified atom stereocenters. The normalized spacial score (nSPS) is 12.9. The Labute approximate surface area is 102 Å². The molecule has 0 bridgehead atoms. The van der Waals surface area contributed by atoms with Crippen molar-refractivity contribution in [3.8, 4) is 0 Å². The minimum atomic E-state index is 0.138. The van der Waals surface area contributed by atoms with Gasteiger partial charge >= 0.3 is 0 Å². The van der Waals surface area contributed by atoms with Gasteiger partial charge in [-0.1, -0.05) is 6.07 Å². The summed E-state index contributed by atoms with van der Waals surface area (Å²) >= 11 is 0. The number of nitrogens with zero attached hydrogens (tertiary/aromatic N) is 3. The third-order valence-electron chi connectivity index (χ3n) is 2.96. The SMILES string of the molecule is CCN(C)c1nc2ccccn2c1CC(C)N. The lowest BCUT2D eigenvalue weighted by Crippen LogP contribution is -2.23. The number of pyridine rings is 1. The van der Waals surface area contributed by atoms with Crippen LogP contribution in [0.15, 0.2) is 24.4 Å². The lowest BCUT2D eigenvalue weighted by atomic mass is 10.2. The number of hydrogen-bond acceptors (Lipinski definition) is 3. The Kier molecular flexibility index (Phi) is 3.33. The number of rotatable bonds is 4. The Bertz CT molecular complexity index is 501. The van der Waals surface area contributed by atoms with E-state index in [1.807, 2.05) is 31.3 Å². The largest absolute Gasteiger partial charge is 0.358 e. The molecule has 2 heterocycles. The third kappa shape index (κ3) is 2.26. The van der Waals surface area contributed by atoms with Crippen molar-refractivity contribution in [3.05, 3.63) is 30.1 Å². The van der Waals surface area contributed by atoms with E-state index < -0.39 is 0 Å². The number of nitrogens with two attached hydrogens (primary N) is 1. The molecule has 0 fully saturated rings. The summed E-state index contributed by atoms with van der Waals surface area (Å²) in [6, 6.07) is 6.19. The lowest BCUT2D eigenvalue weighted by Gasteiger charge is -2.16. The minimum absolute atomic E-state index is 0.138. The monoisotopic (exact) mass is 232 g/mol. The van der Waals surface area contributed by atoms with E-state index in [0.29, 0.717) is 0 Å². The van der Waals surface area contributed by atoms with Crippen molar-refractivity contribution < 1.29 is 0 Å². The molecule has 0 saturated carbocycles. The van der Waals surface area contributed by atoms with E-state index in [0.717, 1.165) is 24.4 Å². The highest BCUT2D eigenvalue weighted by molar-refractivity contribution is 5.55. The maximum absolute atomic E-state index is 5.93. The molecular weight excluding hydrogens is 212 g/mol. The fraction of sp³-hybridized carbons (Fsp3) is 0.462. The minimum Gasteiger partial charge on any atom is -0.358 e. The molecule has 0 aliphatic carbocycles. The Hall–Kier alpha value is -1.55. The van der Waals surface area contributed by atoms with Gasteiger partial charge in [-0.25, -0.2) is 4.98 Å². The van der Waals surface area contributed by atoms with Crippen LogP contribution in [0.1, 0.15) is 19.5 Å². The second-order valence-corrected chi connectivity index (χ2v) is 4.51. The molecule has 0 aliphatic rings. The van der Waals surface area contributed by atoms with Crippen LogP contribution in [0.25, 0.3) is 5.65 Å². The van der Waals surface area contributed by atoms with Gasteiger partial charge in [0.05, 0.1) is 5.69 Å². The molecule has 2 rings (SSSR count). The van der Waals surface area contributed by atoms with Gasteiger partial charge in [0.2, 0.25) is 0 Å². The van der Waals surface area contributed by atoms with Crippen molar-refractivity contribution in [2.75, 3.05) is 18.5 Å². The zero-order valence-corrected chi connectivity index (χ0v) is 10.7. The van der Waals surface area contributed by atoms with Gasteiger partial charge in [0.1, 0.15) is 5.65 Å². The van der Waals surface area contributed by atoms with Gasteiger partial charge in [0.15, 0.2) is 5.82 Å². The average molecular weight is 232 g/mol. The topological polar surface area (TPSA) is 46.6 Å². The summed E-state index contributed by atoms with van der Waals surface area (Å²) in [6.07, 6.45) is 2.89. The van der Waals surface area contributed by atoms with E-state index in [9.17, 15) is 0 Å². The molecule has 17 heavy (non-hydrogen) atoms. The molecule has 2 N–H and O–H groups in total. The summed E-state index contributed by atoms with van der Waals surface area (Å²) in [5.41, 5.74) is 8.10. The molecule has 0 amide bonds. The van der Waals surface area contributed by atoms with Crippen molar-refractivity contribution >= 4 is 11.5 Å². The highest BCUT2D eigenvalue weighted by atomic mass is 15.2. The van der Waals surface area contributed by atoms with Crippen LogP contribution in [0.2, 0.25) is 0 Å². The van der Waals surface area contributed by atoms with Crippen LogP contribution in [-0.4, -0.2) is 29.0 Å². The summed E-state index contributed by atoms with van der Waals surface area (Å²) in [5.74, 6) is 1.04. The van der Waals surface area contributed by atoms with Gasteiger partial charge in [0.25, 0.3) is 0 Å². The number of hydrogen-bond donors (Lipinski definition) is 1. The van der Waals surface area contributed by atoms with E-state index in [1.165, 1.54) is 5.69 Å². The Balaban J connectivity index is 2.56. The third-order valence-corrected chi connectivity index (χ3v) is 2.96. The molecule has 4 heteroatoms. The quantitative estimate of drug-likeness (QED) is 0.872. The van der Waals surface area contributed by atoms with Crippen LogP contribution in [-0.2, 0) is 6.42 Å². The molecule has 2 aromatic heterocycles. The van der Waals surface area contributed by atoms with Crippen LogP contribution in [0.4, 0.5) is 5.82 Å². The first kappa shape index (κ1) is 11.9. The van der Waals surface area contributed by atoms with Gasteiger partial charge in [-0.15, -0.1) is 0 Å². The summed E-state index contributed by atoms with van der Waals surface area (Å²) in [5, 5.41) is 0. The molecule has 1 atom stereocenters. The highest BCUT2D eigenvalue weighted by Crippen LogP contribution is 2.21. The lowest BCUT2D eigenvalue weighted by molar-refractivity contribution is 0.714. The van der Waals surface area contributed by atoms with E-state index in [4.69, 9.17) is 5.73 Å². The summed E-state index contributed by atoms with van der Waals surface area (Å²) in [7, 11) is 2.06. The van der Waals surface area contributed by atoms with E-state index in [1.54, 1.807) is 0 Å². The molecule has 0 aromatic carbocycles. The first-order chi connectivity index (χ1) is 8.13. The van der Waals surface area contributed by atoms with Gasteiger partial charge in [-0.3, -0.25) is 0 Å². The van der Waals surface area contributed by atoms with E-state index in [-0.39, 0.29) is 6.04 Å². The summed E-state index contributed by atoms with van der Waals surface area (Å²) < 4.78 is 2.13. The number of anilines is 1. The fourth-order valence-electron chi connectivity index (χ4n) is 1.98. The average Bonchev–Trinajstić information content (AvgIpc) is 2.67. The smallest absolute Gasteiger partial charge is 0.150 e. The van der Waals surface area contributed by atoms with E-state index >= 15 is 0 Å². The number of aromatic nitrogens is 2. The van der Waals surface area contributed by atoms with E-state index in [2.05, 4.69) is 28.3 Å². The summed E-state index contributed by atoms with van der Waals surface area (Å²) in [4.78, 5) is 6.83. The Morgan fingerprint density at radius 1 is 1.47 bits per heavy atom. The van der Waals surface area contributed by atoms with Crippen molar-refractivity contribution in [2.45, 2.75) is 26.3 Å². The van der Waals surface area contributed by atoms with Crippen molar-refractivity contribution in [1.29, 1.82) is 0 Å². The maximum atomic E-state index is 5.93. The molecular formula is C13H20N4. The number of imidazole rings is 1. The molecule has 2 aromatic rings. The Morgan fingerprint density at radius 3 is 2.88 bits per heavy atom. The van der Waals surface area contributed by atoms with Crippen molar-refractivity contribution in [2.24, 2.45) is 5.73 Å². The predicted octanol–water partition coefficient (Wildman–Crippen LogP) is 1.68. The van der Waals surface area contributed by atoms with Crippen molar-refractivity contribution in [3.63, 3.8) is 0 Å². The molecule has 4 nitrogen and oxygen atoms in total. The molecule has 0 saturated heterocycles. The Morgan fingerprint density at radius 2 is 2.24 bits per heavy atom. The van der Waals surface area contributed by atoms with Crippen LogP contribution < -0.4 is 10.6 Å². The second kappa shape index (κ2) is 4.75. The molecule has 0 spiro atoms. The maximum Gasteiger partial charge on any atom is 0.150 e. The summed E-state index contributed by atoms with van der Waals surface area (Å²) in [6.45, 7) is 5.09. The highest BCUT2D eigenvalue weighted by Gasteiger charge is 2.15. The van der Waals surface area contributed by atoms with Gasteiger partial charge in [-0.05, 0) is 26.0 Å². The van der Waals surface area contributed by atoms with Crippen LogP contribution in [0.5, 0.6) is 0 Å². The molecule has 92 valence electrons. The first-order valence-corrected chi connectivity index (χ1v) is 6.06. The van der Waals surface area contributed by atoms with Crippen LogP contribution in [0, 0.1) is 0 Å². The first-order valence-electron chi connectivity index (χ1n) is 6.06. The fourth-order valence-corrected chi connectivity index (χ4v) is 1.98. The standard InChI is InChI=1S/C13H20N4/c1-4-16(3)13-11(9-10(2)14)17-8-6-5-7-12(17)15-13/h5-8,10H,4,9,14H2,1-3H3. The van der Waals surface area contributed by atoms with Crippen LogP contribution in [0.3, 0.4) is 0 Å². The number of fused-ring (bicyclic) bond motifs is 1. The van der Waals surface area contributed by atoms with Crippen LogP contribution >= 0.6 is 0 Å². The second-order valence-electron chi connectivity index (χ2n) is 4.51. The molecule has 0 radical (unpaired) electrons. The van der Waals surface area contributed by atoms with Gasteiger partial charge < -0.3 is 15.0 Å².